The number of imidazole rings is 1. The summed E-state index contributed by atoms with van der Waals surface area (Å²) in [6.45, 7) is 0.781. The number of rotatable bonds is 3. The van der Waals surface area contributed by atoms with Gasteiger partial charge in [-0.15, -0.1) is 0 Å². The fourth-order valence-electron chi connectivity index (χ4n) is 1.94. The molecule has 4 heteroatoms. The molecule has 0 spiro atoms. The quantitative estimate of drug-likeness (QED) is 0.723. The smallest absolute Gasteiger partial charge is 0.141 e. The minimum atomic E-state index is 0.781. The van der Waals surface area contributed by atoms with Crippen molar-refractivity contribution in [3.05, 3.63) is 42.4 Å². The van der Waals surface area contributed by atoms with Gasteiger partial charge in [0.25, 0.3) is 0 Å². The highest BCUT2D eigenvalue weighted by atomic mass is 16.3. The van der Waals surface area contributed by atoms with Crippen LogP contribution in [0.3, 0.4) is 0 Å². The van der Waals surface area contributed by atoms with E-state index in [1.165, 1.54) is 0 Å². The Morgan fingerprint density at radius 1 is 1.35 bits per heavy atom. The highest BCUT2D eigenvalue weighted by molar-refractivity contribution is 5.91. The molecular formula is C13H13N3O. The molecule has 0 radical (unpaired) electrons. The first-order valence-corrected chi connectivity index (χ1v) is 5.53. The van der Waals surface area contributed by atoms with Gasteiger partial charge in [0.2, 0.25) is 0 Å². The molecule has 4 nitrogen and oxygen atoms in total. The highest BCUT2D eigenvalue weighted by Crippen LogP contribution is 2.28. The Balaban J connectivity index is 2.07. The van der Waals surface area contributed by atoms with E-state index in [0.29, 0.717) is 0 Å². The number of hydrogen-bond donors (Lipinski definition) is 2. The standard InChI is InChI=1S/C13H13N3O/c1-14-6-9-7-15-13(16-9)11-8-17-12-5-3-2-4-10(11)12/h2-5,7-8,14H,6H2,1H3,(H,15,16). The summed E-state index contributed by atoms with van der Waals surface area (Å²) < 4.78 is 5.50. The van der Waals surface area contributed by atoms with Crippen molar-refractivity contribution in [2.75, 3.05) is 7.05 Å². The van der Waals surface area contributed by atoms with Crippen molar-refractivity contribution < 1.29 is 4.42 Å². The monoisotopic (exact) mass is 227 g/mol. The Kier molecular flexibility index (Phi) is 2.42. The van der Waals surface area contributed by atoms with Crippen LogP contribution in [0.4, 0.5) is 0 Å². The summed E-state index contributed by atoms with van der Waals surface area (Å²) in [6, 6.07) is 7.95. The van der Waals surface area contributed by atoms with Gasteiger partial charge in [-0.2, -0.15) is 0 Å². The molecule has 0 amide bonds. The first-order chi connectivity index (χ1) is 8.38. The van der Waals surface area contributed by atoms with Gasteiger partial charge in [0, 0.05) is 23.8 Å². The number of aromatic amines is 1. The van der Waals surface area contributed by atoms with Crippen molar-refractivity contribution in [1.82, 2.24) is 15.3 Å². The summed E-state index contributed by atoms with van der Waals surface area (Å²) in [5.41, 5.74) is 2.95. The van der Waals surface area contributed by atoms with Crippen LogP contribution in [0.5, 0.6) is 0 Å². The molecule has 86 valence electrons. The average molecular weight is 227 g/mol. The summed E-state index contributed by atoms with van der Waals surface area (Å²) in [5.74, 6) is 0.847. The number of para-hydroxylation sites is 1. The first kappa shape index (κ1) is 10.1. The van der Waals surface area contributed by atoms with Crippen molar-refractivity contribution in [1.29, 1.82) is 0 Å². The molecule has 2 heterocycles. The van der Waals surface area contributed by atoms with E-state index < -0.39 is 0 Å². The molecule has 1 aromatic carbocycles. The van der Waals surface area contributed by atoms with E-state index in [0.717, 1.165) is 34.6 Å². The van der Waals surface area contributed by atoms with Gasteiger partial charge < -0.3 is 14.7 Å². The molecule has 3 aromatic rings. The van der Waals surface area contributed by atoms with Crippen LogP contribution in [0.2, 0.25) is 0 Å². The average Bonchev–Trinajstić information content (AvgIpc) is 2.95. The van der Waals surface area contributed by atoms with Crippen molar-refractivity contribution in [2.24, 2.45) is 0 Å². The largest absolute Gasteiger partial charge is 0.464 e. The maximum Gasteiger partial charge on any atom is 0.141 e. The van der Waals surface area contributed by atoms with Gasteiger partial charge in [0.1, 0.15) is 17.7 Å². The van der Waals surface area contributed by atoms with Crippen molar-refractivity contribution in [3.63, 3.8) is 0 Å². The van der Waals surface area contributed by atoms with Gasteiger partial charge in [-0.3, -0.25) is 0 Å². The molecule has 0 fully saturated rings. The van der Waals surface area contributed by atoms with Gasteiger partial charge in [-0.25, -0.2) is 4.98 Å². The van der Waals surface area contributed by atoms with Crippen LogP contribution in [-0.2, 0) is 6.54 Å². The number of fused-ring (bicyclic) bond motifs is 1. The van der Waals surface area contributed by atoms with Gasteiger partial charge in [-0.1, -0.05) is 18.2 Å². The number of benzene rings is 1. The van der Waals surface area contributed by atoms with E-state index in [1.54, 1.807) is 6.26 Å². The molecule has 3 rings (SSSR count). The molecule has 0 saturated heterocycles. The molecule has 17 heavy (non-hydrogen) atoms. The molecule has 0 unspecified atom stereocenters. The molecular weight excluding hydrogens is 214 g/mol. The molecule has 2 aromatic heterocycles. The molecule has 0 aliphatic carbocycles. The second-order valence-corrected chi connectivity index (χ2v) is 3.93. The molecule has 0 aliphatic heterocycles. The van der Waals surface area contributed by atoms with Crippen LogP contribution >= 0.6 is 0 Å². The number of H-pyrrole nitrogens is 1. The lowest BCUT2D eigenvalue weighted by Crippen LogP contribution is -2.04. The third-order valence-electron chi connectivity index (χ3n) is 2.73. The number of hydrogen-bond acceptors (Lipinski definition) is 3. The zero-order valence-corrected chi connectivity index (χ0v) is 9.53. The topological polar surface area (TPSA) is 53.9 Å². The Morgan fingerprint density at radius 2 is 2.24 bits per heavy atom. The Morgan fingerprint density at radius 3 is 3.12 bits per heavy atom. The van der Waals surface area contributed by atoms with Gasteiger partial charge in [-0.05, 0) is 13.1 Å². The van der Waals surface area contributed by atoms with E-state index in [9.17, 15) is 0 Å². The molecule has 0 atom stereocenters. The minimum absolute atomic E-state index is 0.781. The Labute approximate surface area is 98.7 Å². The maximum absolute atomic E-state index is 5.50. The van der Waals surface area contributed by atoms with Crippen molar-refractivity contribution in [3.8, 4) is 11.4 Å². The Bertz CT molecular complexity index is 639. The van der Waals surface area contributed by atoms with Crippen molar-refractivity contribution >= 4 is 11.0 Å². The maximum atomic E-state index is 5.50. The van der Waals surface area contributed by atoms with Crippen LogP contribution in [0.15, 0.2) is 41.1 Å². The SMILES string of the molecule is CNCc1cnc(-c2coc3ccccc23)[nH]1. The summed E-state index contributed by atoms with van der Waals surface area (Å²) in [6.07, 6.45) is 3.58. The van der Waals surface area contributed by atoms with Crippen LogP contribution in [-0.4, -0.2) is 17.0 Å². The number of nitrogens with zero attached hydrogens (tertiary/aromatic N) is 1. The molecule has 0 aliphatic rings. The predicted molar refractivity (Wildman–Crippen MR) is 66.6 cm³/mol. The molecule has 0 saturated carbocycles. The summed E-state index contributed by atoms with van der Waals surface area (Å²) in [7, 11) is 1.91. The predicted octanol–water partition coefficient (Wildman–Crippen LogP) is 2.54. The van der Waals surface area contributed by atoms with E-state index in [-0.39, 0.29) is 0 Å². The third kappa shape index (κ3) is 1.72. The molecule has 0 bridgehead atoms. The normalized spacial score (nSPS) is 11.1. The van der Waals surface area contributed by atoms with Gasteiger partial charge >= 0.3 is 0 Å². The third-order valence-corrected chi connectivity index (χ3v) is 2.73. The lowest BCUT2D eigenvalue weighted by Gasteiger charge is -1.94. The number of furan rings is 1. The second kappa shape index (κ2) is 4.07. The Hall–Kier alpha value is -2.07. The lowest BCUT2D eigenvalue weighted by molar-refractivity contribution is 0.616. The van der Waals surface area contributed by atoms with E-state index in [1.807, 2.05) is 37.5 Å². The first-order valence-electron chi connectivity index (χ1n) is 5.53. The number of aromatic nitrogens is 2. The molecule has 2 N–H and O–H groups in total. The number of nitrogens with one attached hydrogen (secondary N) is 2. The van der Waals surface area contributed by atoms with Crippen LogP contribution in [0.1, 0.15) is 5.69 Å². The van der Waals surface area contributed by atoms with Crippen LogP contribution in [0, 0.1) is 0 Å². The lowest BCUT2D eigenvalue weighted by atomic mass is 10.2. The van der Waals surface area contributed by atoms with E-state index >= 15 is 0 Å². The van der Waals surface area contributed by atoms with E-state index in [4.69, 9.17) is 4.42 Å². The van der Waals surface area contributed by atoms with Crippen LogP contribution in [0.25, 0.3) is 22.4 Å². The zero-order valence-electron chi connectivity index (χ0n) is 9.53. The fourth-order valence-corrected chi connectivity index (χ4v) is 1.94. The summed E-state index contributed by atoms with van der Waals surface area (Å²) in [4.78, 5) is 7.65. The summed E-state index contributed by atoms with van der Waals surface area (Å²) in [5, 5.41) is 4.17. The highest BCUT2D eigenvalue weighted by Gasteiger charge is 2.10. The van der Waals surface area contributed by atoms with Crippen LogP contribution < -0.4 is 5.32 Å². The van der Waals surface area contributed by atoms with E-state index in [2.05, 4.69) is 15.3 Å². The van der Waals surface area contributed by atoms with Gasteiger partial charge in [0.15, 0.2) is 0 Å². The van der Waals surface area contributed by atoms with Gasteiger partial charge in [0.05, 0.1) is 5.56 Å². The minimum Gasteiger partial charge on any atom is -0.464 e. The zero-order chi connectivity index (χ0) is 11.7. The summed E-state index contributed by atoms with van der Waals surface area (Å²) >= 11 is 0. The second-order valence-electron chi connectivity index (χ2n) is 3.93. The fraction of sp³-hybridized carbons (Fsp3) is 0.154. The van der Waals surface area contributed by atoms with Crippen molar-refractivity contribution in [2.45, 2.75) is 6.54 Å².